The third-order valence-electron chi connectivity index (χ3n) is 5.40. The van der Waals surface area contributed by atoms with Crippen molar-refractivity contribution in [2.24, 2.45) is 5.73 Å². The smallest absolute Gasteiger partial charge is 0.328 e. The highest BCUT2D eigenvalue weighted by Gasteiger charge is 2.34. The van der Waals surface area contributed by atoms with Crippen LogP contribution in [0.5, 0.6) is 17.2 Å². The molecule has 3 N–H and O–H groups in total. The summed E-state index contributed by atoms with van der Waals surface area (Å²) in [5, 5.41) is 1.42. The molecule has 1 atom stereocenters. The second-order valence-electron chi connectivity index (χ2n) is 8.42. The van der Waals surface area contributed by atoms with E-state index in [1.165, 1.54) is 6.92 Å². The predicted molar refractivity (Wildman–Crippen MR) is 116 cm³/mol. The van der Waals surface area contributed by atoms with Gasteiger partial charge in [-0.1, -0.05) is 24.3 Å². The van der Waals surface area contributed by atoms with E-state index in [1.807, 2.05) is 44.2 Å². The minimum atomic E-state index is -0.869. The normalized spacial score (nSPS) is 15.6. The number of nitrogens with one attached hydrogen (secondary N) is 1. The Bertz CT molecular complexity index is 1130. The number of H-pyrrole nitrogens is 1. The van der Waals surface area contributed by atoms with Crippen molar-refractivity contribution in [2.45, 2.75) is 51.7 Å². The first-order valence-electron chi connectivity index (χ1n) is 10.3. The average Bonchev–Trinajstić information content (AvgIpc) is 3.22. The maximum absolute atomic E-state index is 12.9. The lowest BCUT2D eigenvalue weighted by atomic mass is 9.91. The van der Waals surface area contributed by atoms with Gasteiger partial charge in [0.15, 0.2) is 11.5 Å². The van der Waals surface area contributed by atoms with E-state index in [0.29, 0.717) is 24.0 Å². The van der Waals surface area contributed by atoms with Crippen LogP contribution in [-0.2, 0) is 22.4 Å². The molecule has 0 bridgehead atoms. The van der Waals surface area contributed by atoms with Crippen LogP contribution in [0, 0.1) is 0 Å². The SMILES string of the molecule is CC(=O)Oc1c2c(c3ccccc3c1OC(=O)C(N)Cc1cc[nH]c1)OC(C)(C)CC2. The van der Waals surface area contributed by atoms with Gasteiger partial charge in [0, 0.05) is 35.7 Å². The van der Waals surface area contributed by atoms with E-state index in [9.17, 15) is 9.59 Å². The third kappa shape index (κ3) is 4.27. The van der Waals surface area contributed by atoms with Gasteiger partial charge in [-0.25, -0.2) is 4.79 Å². The molecule has 31 heavy (non-hydrogen) atoms. The van der Waals surface area contributed by atoms with Crippen LogP contribution < -0.4 is 19.9 Å². The monoisotopic (exact) mass is 422 g/mol. The van der Waals surface area contributed by atoms with Crippen LogP contribution in [0.3, 0.4) is 0 Å². The fraction of sp³-hybridized carbons (Fsp3) is 0.333. The summed E-state index contributed by atoms with van der Waals surface area (Å²) in [5.41, 5.74) is 7.36. The largest absolute Gasteiger partial charge is 0.487 e. The molecule has 7 nitrogen and oxygen atoms in total. The Hall–Kier alpha value is -3.32. The van der Waals surface area contributed by atoms with Gasteiger partial charge >= 0.3 is 11.9 Å². The molecule has 162 valence electrons. The lowest BCUT2D eigenvalue weighted by Crippen LogP contribution is -2.36. The Morgan fingerprint density at radius 1 is 1.16 bits per heavy atom. The molecular formula is C24H26N2O5. The van der Waals surface area contributed by atoms with Gasteiger partial charge in [-0.2, -0.15) is 0 Å². The molecule has 4 rings (SSSR count). The summed E-state index contributed by atoms with van der Waals surface area (Å²) in [6.45, 7) is 5.35. The number of aromatic nitrogens is 1. The number of hydrogen-bond donors (Lipinski definition) is 2. The van der Waals surface area contributed by atoms with Crippen LogP contribution in [0.4, 0.5) is 0 Å². The molecule has 0 saturated carbocycles. The van der Waals surface area contributed by atoms with Crippen LogP contribution in [0.2, 0.25) is 0 Å². The molecule has 1 aliphatic rings. The summed E-state index contributed by atoms with van der Waals surface area (Å²) < 4.78 is 17.6. The van der Waals surface area contributed by atoms with E-state index in [1.54, 1.807) is 12.4 Å². The summed E-state index contributed by atoms with van der Waals surface area (Å²) in [6.07, 6.45) is 5.23. The lowest BCUT2D eigenvalue weighted by molar-refractivity contribution is -0.137. The van der Waals surface area contributed by atoms with E-state index in [4.69, 9.17) is 19.9 Å². The number of rotatable bonds is 5. The number of carbonyl (C=O) groups excluding carboxylic acids is 2. The summed E-state index contributed by atoms with van der Waals surface area (Å²) >= 11 is 0. The summed E-state index contributed by atoms with van der Waals surface area (Å²) in [5.74, 6) is -0.0335. The molecule has 0 saturated heterocycles. The number of fused-ring (bicyclic) bond motifs is 3. The molecule has 0 amide bonds. The van der Waals surface area contributed by atoms with Crippen molar-refractivity contribution in [3.63, 3.8) is 0 Å². The highest BCUT2D eigenvalue weighted by molar-refractivity contribution is 6.00. The predicted octanol–water partition coefficient (Wildman–Crippen LogP) is 3.67. The summed E-state index contributed by atoms with van der Waals surface area (Å²) in [7, 11) is 0. The zero-order valence-electron chi connectivity index (χ0n) is 17.9. The van der Waals surface area contributed by atoms with E-state index in [0.717, 1.165) is 22.9 Å². The highest BCUT2D eigenvalue weighted by Crippen LogP contribution is 2.50. The number of hydrogen-bond acceptors (Lipinski definition) is 6. The van der Waals surface area contributed by atoms with E-state index < -0.39 is 18.0 Å². The second kappa shape index (κ2) is 8.07. The Morgan fingerprint density at radius 2 is 1.90 bits per heavy atom. The first-order chi connectivity index (χ1) is 14.7. The maximum atomic E-state index is 12.9. The minimum Gasteiger partial charge on any atom is -0.487 e. The van der Waals surface area contributed by atoms with Gasteiger partial charge in [0.2, 0.25) is 0 Å². The second-order valence-corrected chi connectivity index (χ2v) is 8.42. The number of nitrogens with two attached hydrogens (primary N) is 1. The molecule has 2 heterocycles. The van der Waals surface area contributed by atoms with E-state index in [2.05, 4.69) is 4.98 Å². The standard InChI is InChI=1S/C24H26N2O5/c1-14(27)29-22-18-8-10-24(2,3)31-20(18)16-6-4-5-7-17(16)21(22)30-23(28)19(25)12-15-9-11-26-13-15/h4-7,9,11,13,19,26H,8,10,12,25H2,1-3H3. The molecule has 0 fully saturated rings. The topological polar surface area (TPSA) is 104 Å². The first kappa shape index (κ1) is 20.9. The van der Waals surface area contributed by atoms with Crippen LogP contribution in [0.25, 0.3) is 10.8 Å². The summed E-state index contributed by atoms with van der Waals surface area (Å²) in [6, 6.07) is 8.42. The van der Waals surface area contributed by atoms with Crippen molar-refractivity contribution >= 4 is 22.7 Å². The molecule has 0 aliphatic carbocycles. The van der Waals surface area contributed by atoms with Crippen molar-refractivity contribution in [3.8, 4) is 17.2 Å². The van der Waals surface area contributed by atoms with Gasteiger partial charge in [-0.05, 0) is 44.7 Å². The van der Waals surface area contributed by atoms with Gasteiger partial charge in [-0.3, -0.25) is 4.79 Å². The van der Waals surface area contributed by atoms with Crippen LogP contribution in [-0.4, -0.2) is 28.6 Å². The lowest BCUT2D eigenvalue weighted by Gasteiger charge is -2.34. The van der Waals surface area contributed by atoms with Crippen molar-refractivity contribution in [1.29, 1.82) is 0 Å². The van der Waals surface area contributed by atoms with E-state index in [-0.39, 0.29) is 17.1 Å². The zero-order chi connectivity index (χ0) is 22.2. The Kier molecular flexibility index (Phi) is 5.45. The van der Waals surface area contributed by atoms with Crippen LogP contribution in [0.1, 0.15) is 38.3 Å². The maximum Gasteiger partial charge on any atom is 0.328 e. The van der Waals surface area contributed by atoms with Crippen LogP contribution in [0.15, 0.2) is 42.7 Å². The van der Waals surface area contributed by atoms with Crippen molar-refractivity contribution in [3.05, 3.63) is 53.9 Å². The van der Waals surface area contributed by atoms with Crippen molar-refractivity contribution in [1.82, 2.24) is 4.98 Å². The Labute approximate surface area is 180 Å². The highest BCUT2D eigenvalue weighted by atomic mass is 16.6. The number of esters is 2. The molecule has 3 aromatic rings. The quantitative estimate of drug-likeness (QED) is 0.480. The molecule has 1 unspecified atom stereocenters. The fourth-order valence-corrected chi connectivity index (χ4v) is 3.85. The van der Waals surface area contributed by atoms with Crippen molar-refractivity contribution in [2.75, 3.05) is 0 Å². The van der Waals surface area contributed by atoms with Gasteiger partial charge in [-0.15, -0.1) is 0 Å². The average molecular weight is 422 g/mol. The van der Waals surface area contributed by atoms with Gasteiger partial charge < -0.3 is 24.9 Å². The molecule has 0 radical (unpaired) electrons. The molecule has 1 aliphatic heterocycles. The van der Waals surface area contributed by atoms with Gasteiger partial charge in [0.25, 0.3) is 0 Å². The number of carbonyl (C=O) groups is 2. The van der Waals surface area contributed by atoms with E-state index >= 15 is 0 Å². The van der Waals surface area contributed by atoms with Crippen LogP contribution >= 0.6 is 0 Å². The van der Waals surface area contributed by atoms with Gasteiger partial charge in [0.1, 0.15) is 17.4 Å². The fourth-order valence-electron chi connectivity index (χ4n) is 3.85. The minimum absolute atomic E-state index is 0.197. The summed E-state index contributed by atoms with van der Waals surface area (Å²) in [4.78, 5) is 27.7. The number of ether oxygens (including phenoxy) is 3. The molecule has 2 aromatic carbocycles. The third-order valence-corrected chi connectivity index (χ3v) is 5.40. The first-order valence-corrected chi connectivity index (χ1v) is 10.3. The molecule has 1 aromatic heterocycles. The number of benzene rings is 2. The zero-order valence-corrected chi connectivity index (χ0v) is 17.9. The molecule has 0 spiro atoms. The number of aromatic amines is 1. The molecular weight excluding hydrogens is 396 g/mol. The van der Waals surface area contributed by atoms with Gasteiger partial charge in [0.05, 0.1) is 0 Å². The molecule has 7 heteroatoms. The Balaban J connectivity index is 1.80. The van der Waals surface area contributed by atoms with Crippen molar-refractivity contribution < 1.29 is 23.8 Å². The Morgan fingerprint density at radius 3 is 2.58 bits per heavy atom.